The monoisotopic (exact) mass is 523 g/mol. The fraction of sp³-hybridized carbons (Fsp3) is 0.455. The fourth-order valence-electron chi connectivity index (χ4n) is 4.32. The summed E-state index contributed by atoms with van der Waals surface area (Å²) in [6, 6.07) is 7.86. The summed E-state index contributed by atoms with van der Waals surface area (Å²) >= 11 is -0.355. The van der Waals surface area contributed by atoms with Crippen molar-refractivity contribution in [3.63, 3.8) is 0 Å². The second kappa shape index (κ2) is 8.07. The molecule has 1 fully saturated rings. The molecule has 0 bridgehead atoms. The average molecular weight is 523 g/mol. The van der Waals surface area contributed by atoms with Crippen LogP contribution in [0.15, 0.2) is 35.5 Å². The van der Waals surface area contributed by atoms with Crippen LogP contribution in [0.25, 0.3) is 0 Å². The Kier molecular flexibility index (Phi) is 5.42. The molecule has 0 saturated heterocycles. The molecule has 1 aromatic carbocycles. The van der Waals surface area contributed by atoms with E-state index in [1.54, 1.807) is 0 Å². The zero-order valence-corrected chi connectivity index (χ0v) is 19.1. The van der Waals surface area contributed by atoms with Crippen molar-refractivity contribution in [2.24, 2.45) is 4.99 Å². The van der Waals surface area contributed by atoms with Gasteiger partial charge in [0.1, 0.15) is 36.4 Å². The number of ether oxygens (including phenoxy) is 2. The first kappa shape index (κ1) is 20.2. The number of nitrogens with one attached hydrogen (secondary N) is 1. The molecule has 1 aliphatic carbocycles. The van der Waals surface area contributed by atoms with Gasteiger partial charge in [0.25, 0.3) is 0 Å². The number of aliphatic hydroxyl groups is 2. The van der Waals surface area contributed by atoms with Crippen molar-refractivity contribution in [3.05, 3.63) is 45.3 Å². The molecule has 5 atom stereocenters. The largest absolute Gasteiger partial charge is 0.491 e. The van der Waals surface area contributed by atoms with Gasteiger partial charge in [0.05, 0.1) is 13.9 Å². The summed E-state index contributed by atoms with van der Waals surface area (Å²) in [5.74, 6) is 1.51. The molecule has 0 spiro atoms. The number of fused-ring (bicyclic) bond motifs is 2. The van der Waals surface area contributed by atoms with Crippen LogP contribution in [0.2, 0.25) is 0 Å². The van der Waals surface area contributed by atoms with Gasteiger partial charge >= 0.3 is 0 Å². The molecule has 30 heavy (non-hydrogen) atoms. The van der Waals surface area contributed by atoms with Gasteiger partial charge in [-0.3, -0.25) is 4.99 Å². The van der Waals surface area contributed by atoms with Crippen molar-refractivity contribution < 1.29 is 19.7 Å². The summed E-state index contributed by atoms with van der Waals surface area (Å²) in [5.41, 5.74) is 3.11. The third-order valence-corrected chi connectivity index (χ3v) is 8.36. The number of rotatable bonds is 3. The van der Waals surface area contributed by atoms with E-state index in [0.717, 1.165) is 22.6 Å². The van der Waals surface area contributed by atoms with Crippen LogP contribution in [0.3, 0.4) is 0 Å². The molecular formula is C22H26IN3O4. The number of aromatic nitrogens is 1. The molecule has 3 heterocycles. The maximum atomic E-state index is 10.8. The molecule has 8 heteroatoms. The highest BCUT2D eigenvalue weighted by Crippen LogP contribution is 2.39. The number of benzene rings is 1. The van der Waals surface area contributed by atoms with Crippen LogP contribution >= 0.6 is 20.7 Å². The van der Waals surface area contributed by atoms with Crippen LogP contribution in [0.4, 0.5) is 0 Å². The van der Waals surface area contributed by atoms with Gasteiger partial charge in [-0.2, -0.15) is 0 Å². The van der Waals surface area contributed by atoms with E-state index >= 15 is 0 Å². The second-order valence-electron chi connectivity index (χ2n) is 8.12. The molecule has 1 saturated carbocycles. The van der Waals surface area contributed by atoms with Gasteiger partial charge in [0, 0.05) is 42.0 Å². The molecule has 0 amide bonds. The first-order chi connectivity index (χ1) is 14.5. The van der Waals surface area contributed by atoms with Crippen molar-refractivity contribution in [1.29, 1.82) is 0 Å². The lowest BCUT2D eigenvalue weighted by molar-refractivity contribution is -0.0170. The standard InChI is InChI=1S/C22H26IN3O4/c1-12-10-29-17-4-3-5-18(15(17)9-24-12)30-19-8-16(20(27)21(19)28)26-7-6-14-13(2)25-11-23-22(14)26/h3-7,11-12,16,19-21,24,27-28H,8-10H2,1-2H3. The van der Waals surface area contributed by atoms with E-state index in [-0.39, 0.29) is 32.8 Å². The lowest BCUT2D eigenvalue weighted by atomic mass is 10.1. The Labute approximate surface area is 185 Å². The lowest BCUT2D eigenvalue weighted by Crippen LogP contribution is -2.34. The number of aliphatic hydroxyl groups excluding tert-OH is 2. The summed E-state index contributed by atoms with van der Waals surface area (Å²) in [4.78, 5) is 4.44. The molecule has 3 aliphatic rings. The van der Waals surface area contributed by atoms with Gasteiger partial charge in [-0.1, -0.05) is 6.07 Å². The molecule has 2 aromatic rings. The van der Waals surface area contributed by atoms with Gasteiger partial charge in [-0.05, 0) is 52.8 Å². The maximum absolute atomic E-state index is 10.8. The first-order valence-corrected chi connectivity index (χ1v) is 12.6. The molecule has 0 radical (unpaired) electrons. The van der Waals surface area contributed by atoms with Gasteiger partial charge in [-0.25, -0.2) is 0 Å². The van der Waals surface area contributed by atoms with E-state index in [9.17, 15) is 10.2 Å². The third kappa shape index (κ3) is 3.49. The Morgan fingerprint density at radius 1 is 1.27 bits per heavy atom. The van der Waals surface area contributed by atoms with Crippen LogP contribution in [0, 0.1) is 3.70 Å². The molecular weight excluding hydrogens is 497 g/mol. The second-order valence-corrected chi connectivity index (χ2v) is 10.3. The van der Waals surface area contributed by atoms with Gasteiger partial charge in [0.2, 0.25) is 0 Å². The Morgan fingerprint density at radius 3 is 3.00 bits per heavy atom. The van der Waals surface area contributed by atoms with E-state index in [1.807, 2.05) is 35.5 Å². The van der Waals surface area contributed by atoms with Crippen molar-refractivity contribution in [1.82, 2.24) is 9.88 Å². The van der Waals surface area contributed by atoms with Crippen molar-refractivity contribution >= 4 is 30.6 Å². The minimum absolute atomic E-state index is 0.218. The van der Waals surface area contributed by atoms with E-state index in [0.29, 0.717) is 25.3 Å². The minimum Gasteiger partial charge on any atom is -0.491 e. The molecule has 3 N–H and O–H groups in total. The van der Waals surface area contributed by atoms with Gasteiger partial charge in [-0.15, -0.1) is 0 Å². The van der Waals surface area contributed by atoms with E-state index < -0.39 is 18.3 Å². The van der Waals surface area contributed by atoms with E-state index in [1.165, 1.54) is 3.70 Å². The smallest absolute Gasteiger partial charge is 0.129 e. The molecule has 7 nitrogen and oxygen atoms in total. The van der Waals surface area contributed by atoms with E-state index in [4.69, 9.17) is 9.47 Å². The predicted octanol–water partition coefficient (Wildman–Crippen LogP) is 2.20. The highest BCUT2D eigenvalue weighted by atomic mass is 127. The fourth-order valence-corrected chi connectivity index (χ4v) is 6.89. The number of nitrogens with zero attached hydrogens (tertiary/aromatic N) is 2. The summed E-state index contributed by atoms with van der Waals surface area (Å²) in [5, 5.41) is 25.1. The molecule has 5 unspecified atom stereocenters. The number of hydrogen-bond acceptors (Lipinski definition) is 6. The van der Waals surface area contributed by atoms with Crippen LogP contribution < -0.4 is 14.8 Å². The summed E-state index contributed by atoms with van der Waals surface area (Å²) in [6.45, 7) is 5.33. The summed E-state index contributed by atoms with van der Waals surface area (Å²) < 4.78 is 17.5. The van der Waals surface area contributed by atoms with Crippen molar-refractivity contribution in [2.75, 3.05) is 6.61 Å². The van der Waals surface area contributed by atoms with E-state index in [2.05, 4.69) is 27.9 Å². The topological polar surface area (TPSA) is 88.2 Å². The lowest BCUT2D eigenvalue weighted by Gasteiger charge is -2.21. The predicted molar refractivity (Wildman–Crippen MR) is 124 cm³/mol. The van der Waals surface area contributed by atoms with Crippen LogP contribution in [-0.2, 0) is 6.54 Å². The zero-order chi connectivity index (χ0) is 20.8. The quantitative estimate of drug-likeness (QED) is 0.538. The molecule has 2 aliphatic heterocycles. The minimum atomic E-state index is -0.956. The number of halogens is 1. The number of aliphatic imine (C=N–C) groups is 1. The van der Waals surface area contributed by atoms with Crippen LogP contribution in [0.5, 0.6) is 11.5 Å². The summed E-state index contributed by atoms with van der Waals surface area (Å²) in [6.07, 6.45) is 0.224. The number of hydrogen-bond donors (Lipinski definition) is 3. The van der Waals surface area contributed by atoms with Crippen molar-refractivity contribution in [3.8, 4) is 11.5 Å². The van der Waals surface area contributed by atoms with Crippen LogP contribution in [0.1, 0.15) is 37.4 Å². The summed E-state index contributed by atoms with van der Waals surface area (Å²) in [7, 11) is 0. The maximum Gasteiger partial charge on any atom is 0.129 e. The first-order valence-electron chi connectivity index (χ1n) is 10.2. The normalized spacial score (nSPS) is 30.4. The molecule has 160 valence electrons. The van der Waals surface area contributed by atoms with Crippen LogP contribution in [-0.4, -0.2) is 55.6 Å². The van der Waals surface area contributed by atoms with Gasteiger partial charge < -0.3 is 29.6 Å². The Hall–Kier alpha value is -1.75. The van der Waals surface area contributed by atoms with Crippen molar-refractivity contribution in [2.45, 2.75) is 57.2 Å². The van der Waals surface area contributed by atoms with Gasteiger partial charge in [0.15, 0.2) is 0 Å². The molecule has 1 aromatic heterocycles. The third-order valence-electron chi connectivity index (χ3n) is 6.08. The highest BCUT2D eigenvalue weighted by molar-refractivity contribution is 14.2. The Morgan fingerprint density at radius 2 is 2.13 bits per heavy atom. The SMILES string of the molecule is CC1=NC=Ic2c1ccn2C1CC(Oc2cccc3c2CNC(C)CO3)C(O)C1O. The average Bonchev–Trinajstić information content (AvgIpc) is 3.21. The molecule has 5 rings (SSSR count). The highest BCUT2D eigenvalue weighted by Gasteiger charge is 2.45. The zero-order valence-electron chi connectivity index (χ0n) is 17.0. The Bertz CT molecular complexity index is 1020. The Balaban J connectivity index is 1.40.